The summed E-state index contributed by atoms with van der Waals surface area (Å²) in [7, 11) is -1.64. The summed E-state index contributed by atoms with van der Waals surface area (Å²) in [5, 5.41) is 3.17. The third-order valence-electron chi connectivity index (χ3n) is 2.28. The van der Waals surface area contributed by atoms with E-state index in [1.54, 1.807) is 0 Å². The Labute approximate surface area is 85.3 Å². The lowest BCUT2D eigenvalue weighted by Gasteiger charge is -2.23. The topological polar surface area (TPSA) is 67.4 Å². The second kappa shape index (κ2) is 5.65. The maximum Gasteiger partial charge on any atom is 0.212 e. The molecule has 0 aromatic carbocycles. The van der Waals surface area contributed by atoms with Crippen molar-refractivity contribution >= 4 is 10.0 Å². The molecule has 1 aliphatic rings. The molecular formula is C8H18N2O3S. The SMILES string of the molecule is CNS(=O)(=O)CCNC1CCCOC1. The van der Waals surface area contributed by atoms with Gasteiger partial charge in [-0.3, -0.25) is 0 Å². The van der Waals surface area contributed by atoms with Crippen LogP contribution in [0.1, 0.15) is 12.8 Å². The van der Waals surface area contributed by atoms with Crippen LogP contribution in [0.25, 0.3) is 0 Å². The molecule has 14 heavy (non-hydrogen) atoms. The molecule has 6 heteroatoms. The number of hydrogen-bond acceptors (Lipinski definition) is 4. The molecule has 2 N–H and O–H groups in total. The maximum atomic E-state index is 11.1. The van der Waals surface area contributed by atoms with E-state index < -0.39 is 10.0 Å². The van der Waals surface area contributed by atoms with E-state index in [4.69, 9.17) is 4.74 Å². The lowest BCUT2D eigenvalue weighted by molar-refractivity contribution is 0.0712. The molecule has 0 radical (unpaired) electrons. The summed E-state index contributed by atoms with van der Waals surface area (Å²) in [6, 6.07) is 0.316. The summed E-state index contributed by atoms with van der Waals surface area (Å²) in [6.45, 7) is 2.00. The predicted octanol–water partition coefficient (Wildman–Crippen LogP) is -0.696. The van der Waals surface area contributed by atoms with E-state index in [1.165, 1.54) is 7.05 Å². The van der Waals surface area contributed by atoms with Crippen molar-refractivity contribution in [2.24, 2.45) is 0 Å². The Balaban J connectivity index is 2.14. The van der Waals surface area contributed by atoms with Gasteiger partial charge in [-0.25, -0.2) is 13.1 Å². The summed E-state index contributed by atoms with van der Waals surface area (Å²) < 4.78 is 29.7. The van der Waals surface area contributed by atoms with Gasteiger partial charge in [-0.1, -0.05) is 0 Å². The third-order valence-corrected chi connectivity index (χ3v) is 3.64. The molecular weight excluding hydrogens is 204 g/mol. The Morgan fingerprint density at radius 1 is 1.50 bits per heavy atom. The quantitative estimate of drug-likeness (QED) is 0.646. The highest BCUT2D eigenvalue weighted by Crippen LogP contribution is 2.05. The van der Waals surface area contributed by atoms with Gasteiger partial charge in [-0.05, 0) is 19.9 Å². The predicted molar refractivity (Wildman–Crippen MR) is 54.7 cm³/mol. The molecule has 84 valence electrons. The maximum absolute atomic E-state index is 11.1. The minimum absolute atomic E-state index is 0.125. The molecule has 0 aromatic heterocycles. The Hall–Kier alpha value is -0.170. The molecule has 1 atom stereocenters. The summed E-state index contributed by atoms with van der Waals surface area (Å²) in [5.41, 5.74) is 0. The van der Waals surface area contributed by atoms with E-state index in [-0.39, 0.29) is 5.75 Å². The summed E-state index contributed by atoms with van der Waals surface area (Å²) >= 11 is 0. The molecule has 1 heterocycles. The van der Waals surface area contributed by atoms with Gasteiger partial charge in [0.05, 0.1) is 12.4 Å². The van der Waals surface area contributed by atoms with Gasteiger partial charge in [-0.15, -0.1) is 0 Å². The molecule has 5 nitrogen and oxygen atoms in total. The smallest absolute Gasteiger partial charge is 0.212 e. The Bertz CT molecular complexity index is 247. The fourth-order valence-corrected chi connectivity index (χ4v) is 1.99. The third kappa shape index (κ3) is 4.36. The van der Waals surface area contributed by atoms with Crippen molar-refractivity contribution in [3.05, 3.63) is 0 Å². The van der Waals surface area contributed by atoms with Gasteiger partial charge < -0.3 is 10.1 Å². The average molecular weight is 222 g/mol. The van der Waals surface area contributed by atoms with Crippen molar-refractivity contribution in [1.82, 2.24) is 10.0 Å². The van der Waals surface area contributed by atoms with Crippen LogP contribution in [-0.2, 0) is 14.8 Å². The van der Waals surface area contributed by atoms with Gasteiger partial charge in [0.1, 0.15) is 0 Å². The Morgan fingerprint density at radius 3 is 2.86 bits per heavy atom. The number of hydrogen-bond donors (Lipinski definition) is 2. The van der Waals surface area contributed by atoms with Crippen LogP contribution < -0.4 is 10.0 Å². The van der Waals surface area contributed by atoms with Gasteiger partial charge in [0.15, 0.2) is 0 Å². The second-order valence-corrected chi connectivity index (χ2v) is 5.44. The first-order valence-corrected chi connectivity index (χ1v) is 6.51. The van der Waals surface area contributed by atoms with E-state index in [1.807, 2.05) is 0 Å². The zero-order valence-corrected chi connectivity index (χ0v) is 9.27. The average Bonchev–Trinajstić information content (AvgIpc) is 2.19. The summed E-state index contributed by atoms with van der Waals surface area (Å²) in [4.78, 5) is 0. The highest BCUT2D eigenvalue weighted by atomic mass is 32.2. The van der Waals surface area contributed by atoms with Crippen LogP contribution in [0, 0.1) is 0 Å². The summed E-state index contributed by atoms with van der Waals surface area (Å²) in [6.07, 6.45) is 2.12. The fourth-order valence-electron chi connectivity index (χ4n) is 1.40. The van der Waals surface area contributed by atoms with Crippen molar-refractivity contribution < 1.29 is 13.2 Å². The molecule has 0 bridgehead atoms. The highest BCUT2D eigenvalue weighted by Gasteiger charge is 2.14. The molecule has 1 unspecified atom stereocenters. The number of sulfonamides is 1. The van der Waals surface area contributed by atoms with E-state index in [2.05, 4.69) is 10.0 Å². The standard InChI is InChI=1S/C8H18N2O3S/c1-9-14(11,12)6-4-10-8-3-2-5-13-7-8/h8-10H,2-7H2,1H3. The van der Waals surface area contributed by atoms with E-state index in [0.29, 0.717) is 19.2 Å². The highest BCUT2D eigenvalue weighted by molar-refractivity contribution is 7.89. The lowest BCUT2D eigenvalue weighted by Crippen LogP contribution is -2.40. The first kappa shape index (κ1) is 11.9. The zero-order chi connectivity index (χ0) is 10.4. The molecule has 1 rings (SSSR count). The molecule has 0 spiro atoms. The number of ether oxygens (including phenoxy) is 1. The van der Waals surface area contributed by atoms with Gasteiger partial charge in [0.2, 0.25) is 10.0 Å². The van der Waals surface area contributed by atoms with Gasteiger partial charge in [-0.2, -0.15) is 0 Å². The molecule has 1 fully saturated rings. The van der Waals surface area contributed by atoms with Crippen LogP contribution in [0.3, 0.4) is 0 Å². The van der Waals surface area contributed by atoms with Crippen LogP contribution in [-0.4, -0.2) is 47.0 Å². The lowest BCUT2D eigenvalue weighted by atomic mass is 10.1. The zero-order valence-electron chi connectivity index (χ0n) is 8.45. The van der Waals surface area contributed by atoms with E-state index >= 15 is 0 Å². The Kier molecular flexibility index (Phi) is 4.80. The second-order valence-electron chi connectivity index (χ2n) is 3.39. The van der Waals surface area contributed by atoms with Crippen LogP contribution >= 0.6 is 0 Å². The largest absolute Gasteiger partial charge is 0.380 e. The molecule has 1 aliphatic heterocycles. The monoisotopic (exact) mass is 222 g/mol. The molecule has 0 aromatic rings. The fraction of sp³-hybridized carbons (Fsp3) is 1.00. The van der Waals surface area contributed by atoms with E-state index in [0.717, 1.165) is 19.4 Å². The first-order chi connectivity index (χ1) is 6.64. The van der Waals surface area contributed by atoms with Gasteiger partial charge in [0.25, 0.3) is 0 Å². The minimum atomic E-state index is -3.07. The molecule has 0 aliphatic carbocycles. The van der Waals surface area contributed by atoms with Crippen LogP contribution in [0.15, 0.2) is 0 Å². The van der Waals surface area contributed by atoms with Crippen molar-refractivity contribution in [2.45, 2.75) is 18.9 Å². The molecule has 1 saturated heterocycles. The van der Waals surface area contributed by atoms with Crippen molar-refractivity contribution in [1.29, 1.82) is 0 Å². The minimum Gasteiger partial charge on any atom is -0.380 e. The van der Waals surface area contributed by atoms with Crippen LogP contribution in [0.5, 0.6) is 0 Å². The van der Waals surface area contributed by atoms with Gasteiger partial charge in [0, 0.05) is 19.2 Å². The van der Waals surface area contributed by atoms with Crippen molar-refractivity contribution in [3.8, 4) is 0 Å². The van der Waals surface area contributed by atoms with Crippen molar-refractivity contribution in [2.75, 3.05) is 32.6 Å². The number of rotatable bonds is 5. The summed E-state index contributed by atoms with van der Waals surface area (Å²) in [5.74, 6) is 0.125. The number of nitrogens with one attached hydrogen (secondary N) is 2. The normalized spacial score (nSPS) is 23.6. The van der Waals surface area contributed by atoms with Crippen molar-refractivity contribution in [3.63, 3.8) is 0 Å². The van der Waals surface area contributed by atoms with Crippen LogP contribution in [0.4, 0.5) is 0 Å². The van der Waals surface area contributed by atoms with E-state index in [9.17, 15) is 8.42 Å². The van der Waals surface area contributed by atoms with Crippen LogP contribution in [0.2, 0.25) is 0 Å². The Morgan fingerprint density at radius 2 is 2.29 bits per heavy atom. The molecule has 0 amide bonds. The molecule has 0 saturated carbocycles. The van der Waals surface area contributed by atoms with Gasteiger partial charge >= 0.3 is 0 Å². The first-order valence-electron chi connectivity index (χ1n) is 4.86.